The normalized spacial score (nSPS) is 18.1. The van der Waals surface area contributed by atoms with E-state index in [4.69, 9.17) is 14.6 Å². The fourth-order valence-electron chi connectivity index (χ4n) is 1.77. The number of carboxylic acids is 1. The number of ether oxygens (including phenoxy) is 2. The number of methoxy groups -OCH3 is 1. The second-order valence-electron chi connectivity index (χ2n) is 3.82. The molecule has 0 aromatic heterocycles. The van der Waals surface area contributed by atoms with Crippen molar-refractivity contribution in [3.63, 3.8) is 0 Å². The monoisotopic (exact) mass is 274 g/mol. The van der Waals surface area contributed by atoms with Crippen LogP contribution >= 0.6 is 0 Å². The lowest BCUT2D eigenvalue weighted by molar-refractivity contribution is -0.187. The van der Waals surface area contributed by atoms with Gasteiger partial charge in [-0.15, -0.1) is 0 Å². The Labute approximate surface area is 106 Å². The molecule has 0 aliphatic carbocycles. The fraction of sp³-hybridized carbons (Fsp3) is 0.250. The van der Waals surface area contributed by atoms with E-state index in [1.54, 1.807) is 0 Å². The number of para-hydroxylation sites is 1. The molecule has 1 aliphatic rings. The van der Waals surface area contributed by atoms with E-state index >= 15 is 0 Å². The van der Waals surface area contributed by atoms with Crippen molar-refractivity contribution < 1.29 is 32.5 Å². The molecule has 1 aliphatic heterocycles. The molecule has 1 N–H and O–H groups in total. The van der Waals surface area contributed by atoms with Gasteiger partial charge in [0.1, 0.15) is 0 Å². The summed E-state index contributed by atoms with van der Waals surface area (Å²) in [5, 5.41) is 8.84. The van der Waals surface area contributed by atoms with Gasteiger partial charge >= 0.3 is 12.1 Å². The van der Waals surface area contributed by atoms with Crippen LogP contribution < -0.4 is 9.47 Å². The van der Waals surface area contributed by atoms with Crippen LogP contribution in [-0.2, 0) is 4.79 Å². The first-order valence-electron chi connectivity index (χ1n) is 5.20. The maximum Gasteiger partial charge on any atom is 0.430 e. The van der Waals surface area contributed by atoms with Crippen LogP contribution in [0.3, 0.4) is 0 Å². The Morgan fingerprint density at radius 1 is 1.42 bits per heavy atom. The minimum absolute atomic E-state index is 0.114. The number of rotatable bonds is 2. The second-order valence-corrected chi connectivity index (χ2v) is 3.82. The molecule has 1 atom stereocenters. The predicted octanol–water partition coefficient (Wildman–Crippen LogP) is 2.49. The third-order valence-electron chi connectivity index (χ3n) is 2.60. The first-order chi connectivity index (χ1) is 8.84. The molecule has 2 rings (SSSR count). The molecule has 0 saturated carbocycles. The zero-order valence-electron chi connectivity index (χ0n) is 9.69. The number of benzene rings is 1. The van der Waals surface area contributed by atoms with Gasteiger partial charge in [-0.05, 0) is 12.1 Å². The molecule has 0 bridgehead atoms. The summed E-state index contributed by atoms with van der Waals surface area (Å²) in [5.74, 6) is -1.67. The van der Waals surface area contributed by atoms with Gasteiger partial charge in [-0.2, -0.15) is 13.2 Å². The van der Waals surface area contributed by atoms with Gasteiger partial charge in [0.05, 0.1) is 12.7 Å². The lowest BCUT2D eigenvalue weighted by Crippen LogP contribution is -2.40. The molecule has 19 heavy (non-hydrogen) atoms. The van der Waals surface area contributed by atoms with Crippen molar-refractivity contribution in [2.75, 3.05) is 7.11 Å². The molecule has 1 heterocycles. The Hall–Kier alpha value is -2.18. The third-order valence-corrected chi connectivity index (χ3v) is 2.60. The Bertz CT molecular complexity index is 548. The highest BCUT2D eigenvalue weighted by Gasteiger charge is 2.48. The zero-order valence-corrected chi connectivity index (χ0v) is 9.69. The van der Waals surface area contributed by atoms with Gasteiger partial charge in [-0.3, -0.25) is 0 Å². The molecule has 102 valence electrons. The summed E-state index contributed by atoms with van der Waals surface area (Å²) in [6.07, 6.45) is -6.38. The summed E-state index contributed by atoms with van der Waals surface area (Å²) >= 11 is 0. The van der Waals surface area contributed by atoms with Gasteiger partial charge in [-0.25, -0.2) is 4.79 Å². The number of alkyl halides is 3. The molecule has 0 radical (unpaired) electrons. The van der Waals surface area contributed by atoms with Crippen LogP contribution in [0.5, 0.6) is 11.5 Å². The standard InChI is InChI=1S/C12H9F3O4/c1-18-8-4-2-3-6-5-7(11(16)17)10(12(13,14)15)19-9(6)8/h2-5,10H,1H3,(H,16,17)/t10-/m1/s1. The van der Waals surface area contributed by atoms with E-state index in [-0.39, 0.29) is 17.1 Å². The zero-order chi connectivity index (χ0) is 14.2. The van der Waals surface area contributed by atoms with Crippen molar-refractivity contribution in [2.24, 2.45) is 0 Å². The van der Waals surface area contributed by atoms with Crippen molar-refractivity contribution in [3.05, 3.63) is 29.3 Å². The van der Waals surface area contributed by atoms with Gasteiger partial charge in [-0.1, -0.05) is 12.1 Å². The number of hydrogen-bond acceptors (Lipinski definition) is 3. The van der Waals surface area contributed by atoms with E-state index in [1.807, 2.05) is 0 Å². The van der Waals surface area contributed by atoms with Crippen molar-refractivity contribution in [2.45, 2.75) is 12.3 Å². The number of aliphatic carboxylic acids is 1. The summed E-state index contributed by atoms with van der Waals surface area (Å²) in [5.41, 5.74) is -0.620. The van der Waals surface area contributed by atoms with Crippen molar-refractivity contribution in [1.29, 1.82) is 0 Å². The Morgan fingerprint density at radius 3 is 2.63 bits per heavy atom. The SMILES string of the molecule is COc1cccc2c1O[C@@H](C(F)(F)F)C(C(=O)O)=C2. The number of carbonyl (C=O) groups is 1. The Kier molecular flexibility index (Phi) is 3.13. The van der Waals surface area contributed by atoms with E-state index in [9.17, 15) is 18.0 Å². The molecule has 0 spiro atoms. The molecule has 0 saturated heterocycles. The molecule has 1 aromatic rings. The maximum absolute atomic E-state index is 12.8. The number of hydrogen-bond donors (Lipinski definition) is 1. The largest absolute Gasteiger partial charge is 0.493 e. The van der Waals surface area contributed by atoms with E-state index < -0.39 is 23.8 Å². The molecule has 0 fully saturated rings. The number of halogens is 3. The highest BCUT2D eigenvalue weighted by atomic mass is 19.4. The summed E-state index contributed by atoms with van der Waals surface area (Å²) in [4.78, 5) is 10.9. The molecule has 0 unspecified atom stereocenters. The lowest BCUT2D eigenvalue weighted by Gasteiger charge is -2.27. The van der Waals surface area contributed by atoms with Crippen LogP contribution in [0.1, 0.15) is 5.56 Å². The van der Waals surface area contributed by atoms with Crippen LogP contribution in [0.4, 0.5) is 13.2 Å². The van der Waals surface area contributed by atoms with Gasteiger partial charge in [0, 0.05) is 5.56 Å². The minimum atomic E-state index is -4.82. The van der Waals surface area contributed by atoms with Crippen molar-refractivity contribution >= 4 is 12.0 Å². The molecule has 1 aromatic carbocycles. The molecule has 0 amide bonds. The van der Waals surface area contributed by atoms with Crippen molar-refractivity contribution in [1.82, 2.24) is 0 Å². The first-order valence-corrected chi connectivity index (χ1v) is 5.20. The maximum atomic E-state index is 12.8. The fourth-order valence-corrected chi connectivity index (χ4v) is 1.77. The van der Waals surface area contributed by atoms with Crippen LogP contribution in [-0.4, -0.2) is 30.5 Å². The van der Waals surface area contributed by atoms with Crippen LogP contribution in [0.15, 0.2) is 23.8 Å². The second kappa shape index (κ2) is 4.49. The third kappa shape index (κ3) is 2.35. The topological polar surface area (TPSA) is 55.8 Å². The van der Waals surface area contributed by atoms with Crippen molar-refractivity contribution in [3.8, 4) is 11.5 Å². The molecular formula is C12H9F3O4. The van der Waals surface area contributed by atoms with E-state index in [0.717, 1.165) is 6.08 Å². The number of carboxylic acid groups (broad SMARTS) is 1. The van der Waals surface area contributed by atoms with Gasteiger partial charge in [0.25, 0.3) is 0 Å². The Balaban J connectivity index is 2.57. The van der Waals surface area contributed by atoms with Gasteiger partial charge in [0.15, 0.2) is 11.5 Å². The minimum Gasteiger partial charge on any atom is -0.493 e. The summed E-state index contributed by atoms with van der Waals surface area (Å²) in [6.45, 7) is 0. The smallest absolute Gasteiger partial charge is 0.430 e. The quantitative estimate of drug-likeness (QED) is 0.900. The predicted molar refractivity (Wildman–Crippen MR) is 59.1 cm³/mol. The van der Waals surface area contributed by atoms with Crippen LogP contribution in [0.25, 0.3) is 6.08 Å². The van der Waals surface area contributed by atoms with Crippen LogP contribution in [0, 0.1) is 0 Å². The highest BCUT2D eigenvalue weighted by Crippen LogP contribution is 2.41. The summed E-state index contributed by atoms with van der Waals surface area (Å²) < 4.78 is 48.1. The molecule has 4 nitrogen and oxygen atoms in total. The van der Waals surface area contributed by atoms with Gasteiger partial charge < -0.3 is 14.6 Å². The van der Waals surface area contributed by atoms with Gasteiger partial charge in [0.2, 0.25) is 6.10 Å². The first kappa shape index (κ1) is 13.3. The summed E-state index contributed by atoms with van der Waals surface area (Å²) in [6, 6.07) is 4.42. The summed E-state index contributed by atoms with van der Waals surface area (Å²) in [7, 11) is 1.29. The average molecular weight is 274 g/mol. The van der Waals surface area contributed by atoms with Crippen LogP contribution in [0.2, 0.25) is 0 Å². The average Bonchev–Trinajstić information content (AvgIpc) is 2.35. The van der Waals surface area contributed by atoms with E-state index in [2.05, 4.69) is 0 Å². The lowest BCUT2D eigenvalue weighted by atomic mass is 10.0. The van der Waals surface area contributed by atoms with E-state index in [1.165, 1.54) is 25.3 Å². The Morgan fingerprint density at radius 2 is 2.11 bits per heavy atom. The molecular weight excluding hydrogens is 265 g/mol. The highest BCUT2D eigenvalue weighted by molar-refractivity contribution is 5.95. The molecule has 7 heteroatoms. The number of fused-ring (bicyclic) bond motifs is 1. The van der Waals surface area contributed by atoms with E-state index in [0.29, 0.717) is 0 Å².